The molecule has 0 aliphatic heterocycles. The summed E-state index contributed by atoms with van der Waals surface area (Å²) >= 11 is 9.26. The Morgan fingerprint density at radius 2 is 1.60 bits per heavy atom. The zero-order valence-corrected chi connectivity index (χ0v) is 13.5. The third-order valence-corrected chi connectivity index (χ3v) is 4.02. The summed E-state index contributed by atoms with van der Waals surface area (Å²) in [5.74, 6) is 0. The first-order valence-corrected chi connectivity index (χ1v) is 7.66. The SMILES string of the molecule is C[C@@H](NCC(O)c1ccc(Cl)cc1)c1ccc(Br)cc1. The number of hydrogen-bond donors (Lipinski definition) is 2. The molecule has 0 aromatic heterocycles. The number of aliphatic hydroxyl groups is 1. The average Bonchev–Trinajstić information content (AvgIpc) is 2.46. The summed E-state index contributed by atoms with van der Waals surface area (Å²) in [7, 11) is 0. The van der Waals surface area contributed by atoms with Gasteiger partial charge in [-0.15, -0.1) is 0 Å². The molecule has 0 spiro atoms. The van der Waals surface area contributed by atoms with Gasteiger partial charge in [0.1, 0.15) is 0 Å². The van der Waals surface area contributed by atoms with E-state index in [0.29, 0.717) is 11.6 Å². The number of rotatable bonds is 5. The second kappa shape index (κ2) is 7.23. The molecule has 2 nitrogen and oxygen atoms in total. The van der Waals surface area contributed by atoms with E-state index in [0.717, 1.165) is 10.0 Å². The molecule has 0 radical (unpaired) electrons. The van der Waals surface area contributed by atoms with E-state index in [1.807, 2.05) is 24.3 Å². The standard InChI is InChI=1S/C16H17BrClNO/c1-11(12-2-6-14(17)7-3-12)19-10-16(20)13-4-8-15(18)9-5-13/h2-9,11,16,19-20H,10H2,1H3/t11-,16?/m1/s1. The molecule has 2 rings (SSSR count). The smallest absolute Gasteiger partial charge is 0.0914 e. The number of benzene rings is 2. The van der Waals surface area contributed by atoms with Crippen molar-refractivity contribution in [2.75, 3.05) is 6.54 Å². The van der Waals surface area contributed by atoms with E-state index in [1.54, 1.807) is 12.1 Å². The summed E-state index contributed by atoms with van der Waals surface area (Å²) in [6.45, 7) is 2.58. The van der Waals surface area contributed by atoms with E-state index < -0.39 is 6.10 Å². The summed E-state index contributed by atoms with van der Waals surface area (Å²) in [4.78, 5) is 0. The molecule has 2 aromatic carbocycles. The van der Waals surface area contributed by atoms with E-state index in [2.05, 4.69) is 40.3 Å². The molecule has 4 heteroatoms. The van der Waals surface area contributed by atoms with E-state index >= 15 is 0 Å². The molecule has 0 saturated carbocycles. The molecule has 0 fully saturated rings. The highest BCUT2D eigenvalue weighted by atomic mass is 79.9. The van der Waals surface area contributed by atoms with Gasteiger partial charge in [0.15, 0.2) is 0 Å². The second-order valence-corrected chi connectivity index (χ2v) is 6.10. The Morgan fingerprint density at radius 3 is 2.20 bits per heavy atom. The van der Waals surface area contributed by atoms with Gasteiger partial charge in [0, 0.05) is 22.1 Å². The van der Waals surface area contributed by atoms with Crippen LogP contribution < -0.4 is 5.32 Å². The number of nitrogens with one attached hydrogen (secondary N) is 1. The Balaban J connectivity index is 1.91. The number of aliphatic hydroxyl groups excluding tert-OH is 1. The lowest BCUT2D eigenvalue weighted by molar-refractivity contribution is 0.171. The Hall–Kier alpha value is -0.870. The lowest BCUT2D eigenvalue weighted by Crippen LogP contribution is -2.24. The lowest BCUT2D eigenvalue weighted by atomic mass is 10.1. The first kappa shape index (κ1) is 15.5. The van der Waals surface area contributed by atoms with Crippen molar-refractivity contribution >= 4 is 27.5 Å². The summed E-state index contributed by atoms with van der Waals surface area (Å²) < 4.78 is 1.06. The van der Waals surface area contributed by atoms with Crippen molar-refractivity contribution in [1.82, 2.24) is 5.32 Å². The van der Waals surface area contributed by atoms with Crippen molar-refractivity contribution in [3.8, 4) is 0 Å². The quantitative estimate of drug-likeness (QED) is 0.829. The van der Waals surface area contributed by atoms with E-state index in [4.69, 9.17) is 11.6 Å². The van der Waals surface area contributed by atoms with Crippen molar-refractivity contribution in [2.45, 2.75) is 19.1 Å². The highest BCUT2D eigenvalue weighted by Gasteiger charge is 2.10. The van der Waals surface area contributed by atoms with Gasteiger partial charge in [-0.05, 0) is 42.3 Å². The van der Waals surface area contributed by atoms with Crippen LogP contribution in [0.4, 0.5) is 0 Å². The Morgan fingerprint density at radius 1 is 1.05 bits per heavy atom. The molecule has 0 heterocycles. The zero-order valence-electron chi connectivity index (χ0n) is 11.2. The Bertz CT molecular complexity index is 490. The first-order valence-electron chi connectivity index (χ1n) is 6.48. The Labute approximate surface area is 132 Å². The van der Waals surface area contributed by atoms with Gasteiger partial charge in [0.05, 0.1) is 6.10 Å². The van der Waals surface area contributed by atoms with Crippen molar-refractivity contribution in [3.63, 3.8) is 0 Å². The molecule has 2 atom stereocenters. The highest BCUT2D eigenvalue weighted by Crippen LogP contribution is 2.19. The fourth-order valence-electron chi connectivity index (χ4n) is 1.96. The fourth-order valence-corrected chi connectivity index (χ4v) is 2.35. The minimum atomic E-state index is -0.537. The van der Waals surface area contributed by atoms with E-state index in [9.17, 15) is 5.11 Å². The van der Waals surface area contributed by atoms with Gasteiger partial charge in [0.25, 0.3) is 0 Å². The third-order valence-electron chi connectivity index (χ3n) is 3.24. The van der Waals surface area contributed by atoms with Gasteiger partial charge < -0.3 is 10.4 Å². The zero-order chi connectivity index (χ0) is 14.5. The van der Waals surface area contributed by atoms with Crippen LogP contribution in [-0.2, 0) is 0 Å². The fraction of sp³-hybridized carbons (Fsp3) is 0.250. The molecule has 2 aromatic rings. The molecule has 2 N–H and O–H groups in total. The third kappa shape index (κ3) is 4.32. The summed E-state index contributed by atoms with van der Waals surface area (Å²) in [6.07, 6.45) is -0.537. The summed E-state index contributed by atoms with van der Waals surface area (Å²) in [5, 5.41) is 14.1. The van der Waals surface area contributed by atoms with Crippen LogP contribution in [0.3, 0.4) is 0 Å². The molecule has 0 saturated heterocycles. The molecular weight excluding hydrogens is 338 g/mol. The molecule has 0 bridgehead atoms. The van der Waals surface area contributed by atoms with E-state index in [-0.39, 0.29) is 6.04 Å². The summed E-state index contributed by atoms with van der Waals surface area (Å²) in [6, 6.07) is 15.6. The van der Waals surface area contributed by atoms with Crippen LogP contribution >= 0.6 is 27.5 Å². The number of hydrogen-bond acceptors (Lipinski definition) is 2. The second-order valence-electron chi connectivity index (χ2n) is 4.75. The Kier molecular flexibility index (Phi) is 5.61. The molecule has 0 amide bonds. The lowest BCUT2D eigenvalue weighted by Gasteiger charge is -2.18. The molecule has 1 unspecified atom stereocenters. The first-order chi connectivity index (χ1) is 9.56. The van der Waals surface area contributed by atoms with Crippen LogP contribution in [0, 0.1) is 0 Å². The normalized spacial score (nSPS) is 14.0. The monoisotopic (exact) mass is 353 g/mol. The molecular formula is C16H17BrClNO. The maximum Gasteiger partial charge on any atom is 0.0914 e. The number of halogens is 2. The van der Waals surface area contributed by atoms with E-state index in [1.165, 1.54) is 5.56 Å². The van der Waals surface area contributed by atoms with Crippen molar-refractivity contribution in [3.05, 3.63) is 69.2 Å². The van der Waals surface area contributed by atoms with Gasteiger partial charge in [-0.25, -0.2) is 0 Å². The van der Waals surface area contributed by atoms with Gasteiger partial charge >= 0.3 is 0 Å². The van der Waals surface area contributed by atoms with Crippen LogP contribution in [0.2, 0.25) is 5.02 Å². The van der Waals surface area contributed by atoms with Crippen LogP contribution in [0.15, 0.2) is 53.0 Å². The molecule has 0 aliphatic carbocycles. The maximum atomic E-state index is 10.1. The van der Waals surface area contributed by atoms with Crippen LogP contribution in [-0.4, -0.2) is 11.7 Å². The predicted octanol–water partition coefficient (Wildman–Crippen LogP) is 4.49. The largest absolute Gasteiger partial charge is 0.387 e. The highest BCUT2D eigenvalue weighted by molar-refractivity contribution is 9.10. The minimum absolute atomic E-state index is 0.185. The molecule has 0 aliphatic rings. The topological polar surface area (TPSA) is 32.3 Å². The van der Waals surface area contributed by atoms with Gasteiger partial charge in [-0.2, -0.15) is 0 Å². The molecule has 20 heavy (non-hydrogen) atoms. The van der Waals surface area contributed by atoms with Gasteiger partial charge in [-0.3, -0.25) is 0 Å². The summed E-state index contributed by atoms with van der Waals surface area (Å²) in [5.41, 5.74) is 2.06. The predicted molar refractivity (Wildman–Crippen MR) is 87.0 cm³/mol. The van der Waals surface area contributed by atoms with Gasteiger partial charge in [-0.1, -0.05) is 51.8 Å². The van der Waals surface area contributed by atoms with Crippen molar-refractivity contribution in [2.24, 2.45) is 0 Å². The van der Waals surface area contributed by atoms with Crippen LogP contribution in [0.25, 0.3) is 0 Å². The van der Waals surface area contributed by atoms with Crippen LogP contribution in [0.1, 0.15) is 30.2 Å². The van der Waals surface area contributed by atoms with Gasteiger partial charge in [0.2, 0.25) is 0 Å². The van der Waals surface area contributed by atoms with Crippen LogP contribution in [0.5, 0.6) is 0 Å². The maximum absolute atomic E-state index is 10.1. The van der Waals surface area contributed by atoms with Crippen molar-refractivity contribution in [1.29, 1.82) is 0 Å². The minimum Gasteiger partial charge on any atom is -0.387 e. The van der Waals surface area contributed by atoms with Crippen molar-refractivity contribution < 1.29 is 5.11 Å². The average molecular weight is 355 g/mol. The molecule has 106 valence electrons.